The predicted octanol–water partition coefficient (Wildman–Crippen LogP) is 2.57. The third kappa shape index (κ3) is 4.15. The Bertz CT molecular complexity index is 420. The van der Waals surface area contributed by atoms with Gasteiger partial charge in [0.1, 0.15) is 0 Å². The van der Waals surface area contributed by atoms with E-state index in [1.807, 2.05) is 18.7 Å². The first kappa shape index (κ1) is 15.9. The molecule has 0 radical (unpaired) electrons. The summed E-state index contributed by atoms with van der Waals surface area (Å²) in [6.45, 7) is 7.88. The van der Waals surface area contributed by atoms with Crippen LogP contribution in [0.15, 0.2) is 6.07 Å². The van der Waals surface area contributed by atoms with Crippen molar-refractivity contribution in [2.75, 3.05) is 31.2 Å². The molecule has 1 aromatic heterocycles. The number of rotatable bonds is 8. The maximum atomic E-state index is 11.1. The van der Waals surface area contributed by atoms with Gasteiger partial charge in [-0.25, -0.2) is 0 Å². The number of hydrogen-bond acceptors (Lipinski definition) is 6. The van der Waals surface area contributed by atoms with E-state index in [1.165, 1.54) is 17.4 Å². The molecule has 1 rings (SSSR count). The van der Waals surface area contributed by atoms with Gasteiger partial charge in [0.25, 0.3) is 0 Å². The average Bonchev–Trinajstić information content (AvgIpc) is 2.80. The Morgan fingerprint density at radius 2 is 2.26 bits per heavy atom. The summed E-state index contributed by atoms with van der Waals surface area (Å²) in [6.07, 6.45) is -0.692. The highest BCUT2D eigenvalue weighted by Crippen LogP contribution is 2.39. The molecule has 0 saturated heterocycles. The number of thiophene rings is 1. The summed E-state index contributed by atoms with van der Waals surface area (Å²) in [5.74, 6) is 0. The van der Waals surface area contributed by atoms with Crippen LogP contribution in [0.4, 0.5) is 10.7 Å². The fourth-order valence-electron chi connectivity index (χ4n) is 1.68. The van der Waals surface area contributed by atoms with Crippen molar-refractivity contribution in [3.63, 3.8) is 0 Å². The number of aliphatic hydroxyl groups excluding tert-OH is 1. The van der Waals surface area contributed by atoms with Crippen molar-refractivity contribution in [3.05, 3.63) is 21.1 Å². The summed E-state index contributed by atoms with van der Waals surface area (Å²) >= 11 is 1.27. The second-order valence-electron chi connectivity index (χ2n) is 4.05. The molecule has 0 aromatic carbocycles. The highest BCUT2D eigenvalue weighted by Gasteiger charge is 2.24. The van der Waals surface area contributed by atoms with Gasteiger partial charge in [-0.2, -0.15) is 0 Å². The van der Waals surface area contributed by atoms with Gasteiger partial charge in [-0.15, -0.1) is 11.3 Å². The first-order valence-corrected chi connectivity index (χ1v) is 7.11. The lowest BCUT2D eigenvalue weighted by Crippen LogP contribution is -2.26. The number of likely N-dealkylation sites (N-methyl/N-ethyl adjacent to an activating group) is 1. The second kappa shape index (κ2) is 7.42. The maximum Gasteiger partial charge on any atom is 0.304 e. The monoisotopic (exact) mass is 288 g/mol. The van der Waals surface area contributed by atoms with Gasteiger partial charge in [0.2, 0.25) is 0 Å². The number of anilines is 1. The molecule has 0 unspecified atom stereocenters. The molecule has 0 bridgehead atoms. The minimum absolute atomic E-state index is 0.0549. The lowest BCUT2D eigenvalue weighted by atomic mass is 10.3. The van der Waals surface area contributed by atoms with Crippen molar-refractivity contribution in [1.29, 1.82) is 0 Å². The van der Waals surface area contributed by atoms with Gasteiger partial charge >= 0.3 is 5.69 Å². The van der Waals surface area contributed by atoms with Crippen molar-refractivity contribution < 1.29 is 14.8 Å². The van der Waals surface area contributed by atoms with Gasteiger partial charge in [0.15, 0.2) is 5.00 Å². The van der Waals surface area contributed by atoms with Crippen LogP contribution < -0.4 is 4.90 Å². The number of nitro groups is 1. The Hall–Kier alpha value is -1.18. The highest BCUT2D eigenvalue weighted by molar-refractivity contribution is 7.16. The van der Waals surface area contributed by atoms with Crippen LogP contribution in [0.1, 0.15) is 31.8 Å². The molecule has 7 heteroatoms. The molecule has 6 nitrogen and oxygen atoms in total. The topological polar surface area (TPSA) is 75.8 Å². The zero-order valence-corrected chi connectivity index (χ0v) is 12.3. The van der Waals surface area contributed by atoms with Crippen LogP contribution in [-0.4, -0.2) is 36.3 Å². The Morgan fingerprint density at radius 3 is 2.74 bits per heavy atom. The highest BCUT2D eigenvalue weighted by atomic mass is 32.1. The first-order valence-electron chi connectivity index (χ1n) is 6.30. The summed E-state index contributed by atoms with van der Waals surface area (Å²) in [7, 11) is 0. The standard InChI is InChI=1S/C12H20N2O4S/c1-4-13(6-7-18-5-2)12-10(14(16)17)8-11(19-12)9(3)15/h8-9,15H,4-7H2,1-3H3/t9-/m1/s1. The third-order valence-electron chi connectivity index (χ3n) is 2.70. The van der Waals surface area contributed by atoms with Crippen molar-refractivity contribution in [1.82, 2.24) is 0 Å². The maximum absolute atomic E-state index is 11.1. The van der Waals surface area contributed by atoms with Crippen LogP contribution in [0.3, 0.4) is 0 Å². The Morgan fingerprint density at radius 1 is 1.58 bits per heavy atom. The van der Waals surface area contributed by atoms with E-state index in [0.717, 1.165) is 0 Å². The molecule has 0 aliphatic carbocycles. The third-order valence-corrected chi connectivity index (χ3v) is 4.06. The van der Waals surface area contributed by atoms with E-state index in [9.17, 15) is 15.2 Å². The zero-order chi connectivity index (χ0) is 14.4. The van der Waals surface area contributed by atoms with E-state index in [-0.39, 0.29) is 5.69 Å². The van der Waals surface area contributed by atoms with E-state index in [4.69, 9.17) is 4.74 Å². The molecule has 1 N–H and O–H groups in total. The second-order valence-corrected chi connectivity index (χ2v) is 5.11. The zero-order valence-electron chi connectivity index (χ0n) is 11.5. The fraction of sp³-hybridized carbons (Fsp3) is 0.667. The summed E-state index contributed by atoms with van der Waals surface area (Å²) in [6, 6.07) is 1.45. The molecule has 19 heavy (non-hydrogen) atoms. The number of aliphatic hydroxyl groups is 1. The van der Waals surface area contributed by atoms with Crippen LogP contribution in [0.2, 0.25) is 0 Å². The van der Waals surface area contributed by atoms with E-state index in [2.05, 4.69) is 0 Å². The smallest absolute Gasteiger partial charge is 0.304 e. The molecule has 0 spiro atoms. The molecule has 0 aliphatic heterocycles. The van der Waals surface area contributed by atoms with Gasteiger partial charge in [-0.1, -0.05) is 0 Å². The molecule has 1 atom stereocenters. The minimum atomic E-state index is -0.692. The first-order chi connectivity index (χ1) is 9.01. The normalized spacial score (nSPS) is 12.4. The molecule has 0 aliphatic rings. The Balaban J connectivity index is 2.97. The van der Waals surface area contributed by atoms with Crippen LogP contribution in [-0.2, 0) is 4.74 Å². The quantitative estimate of drug-likeness (QED) is 0.452. The Labute approximate surface area is 116 Å². The van der Waals surface area contributed by atoms with Crippen LogP contribution in [0, 0.1) is 10.1 Å². The van der Waals surface area contributed by atoms with Crippen molar-refractivity contribution >= 4 is 22.0 Å². The van der Waals surface area contributed by atoms with Crippen molar-refractivity contribution in [2.24, 2.45) is 0 Å². The summed E-state index contributed by atoms with van der Waals surface area (Å²) < 4.78 is 5.29. The summed E-state index contributed by atoms with van der Waals surface area (Å²) in [5.41, 5.74) is 0.0549. The molecule has 0 fully saturated rings. The largest absolute Gasteiger partial charge is 0.388 e. The van der Waals surface area contributed by atoms with Gasteiger partial charge in [-0.05, 0) is 20.8 Å². The molecular formula is C12H20N2O4S. The van der Waals surface area contributed by atoms with Gasteiger partial charge < -0.3 is 14.7 Å². The van der Waals surface area contributed by atoms with Gasteiger partial charge in [0.05, 0.1) is 17.6 Å². The van der Waals surface area contributed by atoms with E-state index in [0.29, 0.717) is 36.2 Å². The molecular weight excluding hydrogens is 268 g/mol. The van der Waals surface area contributed by atoms with E-state index < -0.39 is 11.0 Å². The lowest BCUT2D eigenvalue weighted by Gasteiger charge is -2.20. The predicted molar refractivity (Wildman–Crippen MR) is 76.0 cm³/mol. The van der Waals surface area contributed by atoms with Crippen molar-refractivity contribution in [3.8, 4) is 0 Å². The number of hydrogen-bond donors (Lipinski definition) is 1. The van der Waals surface area contributed by atoms with Crippen LogP contribution in [0.5, 0.6) is 0 Å². The number of nitrogens with zero attached hydrogens (tertiary/aromatic N) is 2. The summed E-state index contributed by atoms with van der Waals surface area (Å²) in [5, 5.41) is 21.2. The number of ether oxygens (including phenoxy) is 1. The molecule has 1 heterocycles. The van der Waals surface area contributed by atoms with Crippen molar-refractivity contribution in [2.45, 2.75) is 26.9 Å². The fourth-order valence-corrected chi connectivity index (χ4v) is 2.83. The Kier molecular flexibility index (Phi) is 6.20. The van der Waals surface area contributed by atoms with E-state index >= 15 is 0 Å². The molecule has 0 amide bonds. The van der Waals surface area contributed by atoms with Crippen LogP contribution >= 0.6 is 11.3 Å². The average molecular weight is 288 g/mol. The SMILES string of the molecule is CCOCCN(CC)c1sc([C@@H](C)O)cc1[N+](=O)[O-]. The van der Waals surface area contributed by atoms with Gasteiger partial charge in [0, 0.05) is 30.6 Å². The molecule has 108 valence electrons. The molecule has 1 aromatic rings. The molecule has 0 saturated carbocycles. The van der Waals surface area contributed by atoms with Crippen LogP contribution in [0.25, 0.3) is 0 Å². The van der Waals surface area contributed by atoms with E-state index in [1.54, 1.807) is 6.92 Å². The van der Waals surface area contributed by atoms with Gasteiger partial charge in [-0.3, -0.25) is 10.1 Å². The summed E-state index contributed by atoms with van der Waals surface area (Å²) in [4.78, 5) is 13.2. The minimum Gasteiger partial charge on any atom is -0.388 e. The lowest BCUT2D eigenvalue weighted by molar-refractivity contribution is -0.383.